The molecular weight excluding hydrogens is 266 g/mol. The molecular formula is C15H17N5O. The monoisotopic (exact) mass is 283 g/mol. The van der Waals surface area contributed by atoms with Crippen LogP contribution in [0, 0.1) is 13.8 Å². The summed E-state index contributed by atoms with van der Waals surface area (Å²) >= 11 is 0. The maximum atomic E-state index is 5.13. The van der Waals surface area contributed by atoms with E-state index in [2.05, 4.69) is 51.6 Å². The first-order valence-corrected chi connectivity index (χ1v) is 6.96. The van der Waals surface area contributed by atoms with Crippen molar-refractivity contribution in [3.05, 3.63) is 47.0 Å². The molecule has 0 saturated heterocycles. The summed E-state index contributed by atoms with van der Waals surface area (Å²) in [4.78, 5) is 4.30. The van der Waals surface area contributed by atoms with Crippen LogP contribution < -0.4 is 0 Å². The Hall–Kier alpha value is -2.50. The zero-order valence-electron chi connectivity index (χ0n) is 12.4. The Bertz CT molecular complexity index is 742. The number of benzene rings is 1. The van der Waals surface area contributed by atoms with Gasteiger partial charge >= 0.3 is 0 Å². The van der Waals surface area contributed by atoms with Crippen molar-refractivity contribution in [3.63, 3.8) is 0 Å². The van der Waals surface area contributed by atoms with Gasteiger partial charge in [-0.15, -0.1) is 5.10 Å². The summed E-state index contributed by atoms with van der Waals surface area (Å²) in [6.45, 7) is 6.69. The van der Waals surface area contributed by atoms with Crippen LogP contribution in [0.2, 0.25) is 0 Å². The quantitative estimate of drug-likeness (QED) is 0.736. The van der Waals surface area contributed by atoms with Gasteiger partial charge in [0.15, 0.2) is 5.69 Å². The van der Waals surface area contributed by atoms with Gasteiger partial charge in [-0.25, -0.2) is 4.68 Å². The molecule has 2 aromatic heterocycles. The summed E-state index contributed by atoms with van der Waals surface area (Å²) in [5.74, 6) is 1.11. The molecule has 0 unspecified atom stereocenters. The van der Waals surface area contributed by atoms with Gasteiger partial charge in [-0.2, -0.15) is 4.98 Å². The second-order valence-electron chi connectivity index (χ2n) is 5.03. The van der Waals surface area contributed by atoms with Crippen LogP contribution in [0.4, 0.5) is 0 Å². The number of hydrogen-bond donors (Lipinski definition) is 0. The third-order valence-electron chi connectivity index (χ3n) is 3.42. The maximum absolute atomic E-state index is 5.13. The Morgan fingerprint density at radius 1 is 1.14 bits per heavy atom. The Morgan fingerprint density at radius 3 is 2.57 bits per heavy atom. The van der Waals surface area contributed by atoms with E-state index >= 15 is 0 Å². The van der Waals surface area contributed by atoms with Crippen LogP contribution in [0.15, 0.2) is 28.8 Å². The molecule has 0 amide bonds. The lowest BCUT2D eigenvalue weighted by molar-refractivity contribution is 0.382. The average molecular weight is 283 g/mol. The molecule has 0 aliphatic carbocycles. The first kappa shape index (κ1) is 13.5. The highest BCUT2D eigenvalue weighted by Crippen LogP contribution is 2.18. The Labute approximate surface area is 122 Å². The fraction of sp³-hybridized carbons (Fsp3) is 0.333. The van der Waals surface area contributed by atoms with Crippen molar-refractivity contribution in [3.8, 4) is 11.5 Å². The first-order chi connectivity index (χ1) is 10.2. The van der Waals surface area contributed by atoms with Crippen molar-refractivity contribution in [2.24, 2.45) is 0 Å². The Morgan fingerprint density at radius 2 is 1.90 bits per heavy atom. The van der Waals surface area contributed by atoms with Crippen LogP contribution in [-0.4, -0.2) is 25.1 Å². The van der Waals surface area contributed by atoms with Crippen LogP contribution in [0.3, 0.4) is 0 Å². The Balaban J connectivity index is 1.86. The second kappa shape index (κ2) is 5.47. The molecule has 0 atom stereocenters. The number of nitrogens with zero attached hydrogens (tertiary/aromatic N) is 5. The van der Waals surface area contributed by atoms with E-state index in [0.717, 1.165) is 5.69 Å². The Kier molecular flexibility index (Phi) is 3.51. The van der Waals surface area contributed by atoms with Crippen molar-refractivity contribution in [1.29, 1.82) is 0 Å². The van der Waals surface area contributed by atoms with Crippen molar-refractivity contribution < 1.29 is 4.52 Å². The lowest BCUT2D eigenvalue weighted by Gasteiger charge is -2.04. The van der Waals surface area contributed by atoms with Gasteiger partial charge in [0.2, 0.25) is 11.7 Å². The van der Waals surface area contributed by atoms with E-state index in [4.69, 9.17) is 4.52 Å². The number of aromatic nitrogens is 5. The highest BCUT2D eigenvalue weighted by Gasteiger charge is 2.16. The van der Waals surface area contributed by atoms with Gasteiger partial charge in [0.1, 0.15) is 0 Å². The molecule has 21 heavy (non-hydrogen) atoms. The SMILES string of the molecule is CCc1nc(-c2nnn(Cc3ccc(C)cc3)c2C)no1. The molecule has 6 nitrogen and oxygen atoms in total. The van der Waals surface area contributed by atoms with E-state index in [1.54, 1.807) is 0 Å². The number of hydrogen-bond acceptors (Lipinski definition) is 5. The van der Waals surface area contributed by atoms with Gasteiger partial charge in [0.25, 0.3) is 0 Å². The summed E-state index contributed by atoms with van der Waals surface area (Å²) < 4.78 is 6.97. The average Bonchev–Trinajstić information content (AvgIpc) is 3.09. The largest absolute Gasteiger partial charge is 0.339 e. The van der Waals surface area contributed by atoms with Gasteiger partial charge in [-0.05, 0) is 19.4 Å². The maximum Gasteiger partial charge on any atom is 0.226 e. The molecule has 1 aromatic carbocycles. The van der Waals surface area contributed by atoms with Crippen LogP contribution >= 0.6 is 0 Å². The fourth-order valence-corrected chi connectivity index (χ4v) is 2.08. The van der Waals surface area contributed by atoms with Gasteiger partial charge < -0.3 is 4.52 Å². The molecule has 0 N–H and O–H groups in total. The van der Waals surface area contributed by atoms with Crippen molar-refractivity contribution in [1.82, 2.24) is 25.1 Å². The highest BCUT2D eigenvalue weighted by atomic mass is 16.5. The van der Waals surface area contributed by atoms with E-state index in [-0.39, 0.29) is 0 Å². The molecule has 3 rings (SSSR count). The second-order valence-corrected chi connectivity index (χ2v) is 5.03. The standard InChI is InChI=1S/C15H17N5O/c1-4-13-16-15(18-21-13)14-11(3)20(19-17-14)9-12-7-5-10(2)6-8-12/h5-8H,4,9H2,1-3H3. The van der Waals surface area contributed by atoms with Crippen LogP contribution in [0.1, 0.15) is 29.6 Å². The molecule has 3 aromatic rings. The molecule has 0 spiro atoms. The fourth-order valence-electron chi connectivity index (χ4n) is 2.08. The molecule has 0 aliphatic heterocycles. The zero-order chi connectivity index (χ0) is 14.8. The molecule has 0 bridgehead atoms. The van der Waals surface area contributed by atoms with E-state index < -0.39 is 0 Å². The van der Waals surface area contributed by atoms with Gasteiger partial charge in [0.05, 0.1) is 12.2 Å². The molecule has 0 radical (unpaired) electrons. The normalized spacial score (nSPS) is 11.0. The van der Waals surface area contributed by atoms with Crippen molar-refractivity contribution >= 4 is 0 Å². The summed E-state index contributed by atoms with van der Waals surface area (Å²) in [6.07, 6.45) is 0.712. The summed E-state index contributed by atoms with van der Waals surface area (Å²) in [5, 5.41) is 12.3. The summed E-state index contributed by atoms with van der Waals surface area (Å²) in [5.41, 5.74) is 4.03. The lowest BCUT2D eigenvalue weighted by atomic mass is 10.1. The van der Waals surface area contributed by atoms with Crippen LogP contribution in [0.5, 0.6) is 0 Å². The lowest BCUT2D eigenvalue weighted by Crippen LogP contribution is -2.04. The molecule has 0 aliphatic rings. The molecule has 0 fully saturated rings. The summed E-state index contributed by atoms with van der Waals surface area (Å²) in [7, 11) is 0. The number of aryl methyl sites for hydroxylation is 2. The third-order valence-corrected chi connectivity index (χ3v) is 3.42. The van der Waals surface area contributed by atoms with Crippen LogP contribution in [-0.2, 0) is 13.0 Å². The van der Waals surface area contributed by atoms with Gasteiger partial charge in [-0.1, -0.05) is 47.1 Å². The molecule has 108 valence electrons. The molecule has 0 saturated carbocycles. The molecule has 2 heterocycles. The smallest absolute Gasteiger partial charge is 0.226 e. The number of rotatable bonds is 4. The van der Waals surface area contributed by atoms with Gasteiger partial charge in [0, 0.05) is 6.42 Å². The zero-order valence-corrected chi connectivity index (χ0v) is 12.4. The molecule has 6 heteroatoms. The minimum Gasteiger partial charge on any atom is -0.339 e. The van der Waals surface area contributed by atoms with E-state index in [1.165, 1.54) is 11.1 Å². The van der Waals surface area contributed by atoms with Gasteiger partial charge in [-0.3, -0.25) is 0 Å². The van der Waals surface area contributed by atoms with Crippen LogP contribution in [0.25, 0.3) is 11.5 Å². The minimum absolute atomic E-state index is 0.500. The minimum atomic E-state index is 0.500. The first-order valence-electron chi connectivity index (χ1n) is 6.96. The van der Waals surface area contributed by atoms with Crippen molar-refractivity contribution in [2.45, 2.75) is 33.7 Å². The predicted octanol–water partition coefficient (Wildman–Crippen LogP) is 2.56. The van der Waals surface area contributed by atoms with E-state index in [1.807, 2.05) is 18.5 Å². The van der Waals surface area contributed by atoms with E-state index in [9.17, 15) is 0 Å². The summed E-state index contributed by atoms with van der Waals surface area (Å²) in [6, 6.07) is 8.38. The predicted molar refractivity (Wildman–Crippen MR) is 77.7 cm³/mol. The third kappa shape index (κ3) is 2.69. The van der Waals surface area contributed by atoms with Crippen molar-refractivity contribution in [2.75, 3.05) is 0 Å². The van der Waals surface area contributed by atoms with E-state index in [0.29, 0.717) is 30.4 Å². The highest BCUT2D eigenvalue weighted by molar-refractivity contribution is 5.50. The topological polar surface area (TPSA) is 69.6 Å².